The largest absolute Gasteiger partial charge is 0.377 e. The summed E-state index contributed by atoms with van der Waals surface area (Å²) in [5.74, 6) is 1.02. The van der Waals surface area contributed by atoms with E-state index in [4.69, 9.17) is 16.6 Å². The van der Waals surface area contributed by atoms with Gasteiger partial charge in [0.15, 0.2) is 0 Å². The maximum Gasteiger partial charge on any atom is 0.128 e. The molecule has 5 nitrogen and oxygen atoms in total. The summed E-state index contributed by atoms with van der Waals surface area (Å²) in [6, 6.07) is 18.3. The van der Waals surface area contributed by atoms with Gasteiger partial charge in [0.1, 0.15) is 5.82 Å². The first kappa shape index (κ1) is 20.0. The molecule has 0 atom stereocenters. The Labute approximate surface area is 187 Å². The van der Waals surface area contributed by atoms with Crippen molar-refractivity contribution in [3.63, 3.8) is 0 Å². The zero-order valence-electron chi connectivity index (χ0n) is 17.7. The van der Waals surface area contributed by atoms with Crippen LogP contribution in [0.4, 0.5) is 5.69 Å². The molecule has 6 heteroatoms. The Morgan fingerprint density at radius 1 is 1.03 bits per heavy atom. The van der Waals surface area contributed by atoms with Gasteiger partial charge in [0, 0.05) is 41.4 Å². The van der Waals surface area contributed by atoms with Crippen LogP contribution in [0.5, 0.6) is 0 Å². The lowest BCUT2D eigenvalue weighted by molar-refractivity contribution is 0.323. The minimum absolute atomic E-state index is 0.637. The van der Waals surface area contributed by atoms with Gasteiger partial charge in [-0.15, -0.1) is 0 Å². The topological polar surface area (TPSA) is 46.0 Å². The number of fused-ring (bicyclic) bond motifs is 1. The Hall–Kier alpha value is -2.89. The molecule has 0 spiro atoms. The maximum atomic E-state index is 6.14. The van der Waals surface area contributed by atoms with Crippen molar-refractivity contribution in [1.82, 2.24) is 19.4 Å². The molecular formula is C25H26ClN5. The molecule has 158 valence electrons. The van der Waals surface area contributed by atoms with Crippen LogP contribution in [0, 0.1) is 0 Å². The second kappa shape index (κ2) is 8.69. The van der Waals surface area contributed by atoms with Gasteiger partial charge >= 0.3 is 0 Å². The van der Waals surface area contributed by atoms with Crippen molar-refractivity contribution in [3.05, 3.63) is 77.3 Å². The highest BCUT2D eigenvalue weighted by molar-refractivity contribution is 6.31. The lowest BCUT2D eigenvalue weighted by Gasteiger charge is -2.17. The molecule has 2 aromatic heterocycles. The lowest BCUT2D eigenvalue weighted by Crippen LogP contribution is -2.21. The number of nitrogens with zero attached hydrogens (tertiary/aromatic N) is 4. The zero-order valence-corrected chi connectivity index (χ0v) is 18.4. The van der Waals surface area contributed by atoms with Crippen LogP contribution in [0.3, 0.4) is 0 Å². The summed E-state index contributed by atoms with van der Waals surface area (Å²) in [7, 11) is 2.13. The third-order valence-corrected chi connectivity index (χ3v) is 6.30. The highest BCUT2D eigenvalue weighted by atomic mass is 35.5. The van der Waals surface area contributed by atoms with Crippen LogP contribution in [-0.4, -0.2) is 32.5 Å². The summed E-state index contributed by atoms with van der Waals surface area (Å²) in [6.07, 6.45) is 4.38. The molecule has 1 fully saturated rings. The quantitative estimate of drug-likeness (QED) is 0.438. The molecule has 0 unspecified atom stereocenters. The number of nitrogens with one attached hydrogen (secondary N) is 1. The predicted molar refractivity (Wildman–Crippen MR) is 127 cm³/mol. The molecule has 0 radical (unpaired) electrons. The normalized spacial score (nSPS) is 14.4. The van der Waals surface area contributed by atoms with Gasteiger partial charge in [0.2, 0.25) is 0 Å². The fourth-order valence-corrected chi connectivity index (χ4v) is 4.52. The van der Waals surface area contributed by atoms with E-state index < -0.39 is 0 Å². The number of aromatic nitrogens is 3. The van der Waals surface area contributed by atoms with E-state index >= 15 is 0 Å². The molecule has 3 heterocycles. The SMILES string of the molecule is Cn1c(CNc2ccnc3cc(Cl)ccc23)nc(-c2ccccc2)c1CN1CCCC1. The van der Waals surface area contributed by atoms with Crippen LogP contribution in [-0.2, 0) is 20.1 Å². The number of anilines is 1. The van der Waals surface area contributed by atoms with Crippen molar-refractivity contribution < 1.29 is 0 Å². The fourth-order valence-electron chi connectivity index (χ4n) is 4.35. The van der Waals surface area contributed by atoms with E-state index in [2.05, 4.69) is 57.1 Å². The maximum absolute atomic E-state index is 6.14. The smallest absolute Gasteiger partial charge is 0.128 e. The Bertz CT molecular complexity index is 1200. The molecule has 5 rings (SSSR count). The van der Waals surface area contributed by atoms with Gasteiger partial charge in [-0.1, -0.05) is 41.9 Å². The molecular weight excluding hydrogens is 406 g/mol. The van der Waals surface area contributed by atoms with Gasteiger partial charge in [-0.3, -0.25) is 9.88 Å². The second-order valence-electron chi connectivity index (χ2n) is 8.11. The molecule has 2 aromatic carbocycles. The van der Waals surface area contributed by atoms with Gasteiger partial charge in [-0.05, 0) is 50.2 Å². The summed E-state index contributed by atoms with van der Waals surface area (Å²) in [6.45, 7) is 3.90. The van der Waals surface area contributed by atoms with Crippen molar-refractivity contribution in [2.45, 2.75) is 25.9 Å². The molecule has 1 N–H and O–H groups in total. The monoisotopic (exact) mass is 431 g/mol. The van der Waals surface area contributed by atoms with E-state index in [1.54, 1.807) is 0 Å². The molecule has 0 saturated carbocycles. The summed E-state index contributed by atoms with van der Waals surface area (Å²) >= 11 is 6.14. The number of benzene rings is 2. The Balaban J connectivity index is 1.46. The van der Waals surface area contributed by atoms with E-state index in [-0.39, 0.29) is 0 Å². The Morgan fingerprint density at radius 3 is 2.65 bits per heavy atom. The van der Waals surface area contributed by atoms with E-state index in [9.17, 15) is 0 Å². The van der Waals surface area contributed by atoms with Crippen molar-refractivity contribution in [2.24, 2.45) is 7.05 Å². The third kappa shape index (κ3) is 4.16. The molecule has 1 saturated heterocycles. The van der Waals surface area contributed by atoms with E-state index in [0.29, 0.717) is 11.6 Å². The first-order chi connectivity index (χ1) is 15.2. The van der Waals surface area contributed by atoms with Crippen LogP contribution in [0.2, 0.25) is 5.02 Å². The molecule has 0 bridgehead atoms. The van der Waals surface area contributed by atoms with Crippen LogP contribution in [0.1, 0.15) is 24.4 Å². The first-order valence-corrected chi connectivity index (χ1v) is 11.2. The first-order valence-electron chi connectivity index (χ1n) is 10.8. The number of imidazole rings is 1. The van der Waals surface area contributed by atoms with Gasteiger partial charge in [0.25, 0.3) is 0 Å². The molecule has 1 aliphatic rings. The minimum atomic E-state index is 0.637. The zero-order chi connectivity index (χ0) is 21.2. The Morgan fingerprint density at radius 2 is 1.84 bits per heavy atom. The minimum Gasteiger partial charge on any atom is -0.377 e. The summed E-state index contributed by atoms with van der Waals surface area (Å²) in [4.78, 5) is 12.0. The van der Waals surface area contributed by atoms with Gasteiger partial charge in [-0.25, -0.2) is 4.98 Å². The standard InChI is InChI=1S/C25H26ClN5/c1-30-23(17-31-13-5-6-14-31)25(18-7-3-2-4-8-18)29-24(30)16-28-21-11-12-27-22-15-19(26)9-10-20(21)22/h2-4,7-12,15H,5-6,13-14,16-17H2,1H3,(H,27,28). The van der Waals surface area contributed by atoms with Gasteiger partial charge in [0.05, 0.1) is 23.4 Å². The average Bonchev–Trinajstić information content (AvgIpc) is 3.41. The van der Waals surface area contributed by atoms with Crippen LogP contribution >= 0.6 is 11.6 Å². The average molecular weight is 432 g/mol. The van der Waals surface area contributed by atoms with Crippen molar-refractivity contribution in [2.75, 3.05) is 18.4 Å². The summed E-state index contributed by atoms with van der Waals surface area (Å²) in [5, 5.41) is 5.32. The molecule has 1 aliphatic heterocycles. The number of pyridine rings is 1. The number of hydrogen-bond donors (Lipinski definition) is 1. The molecule has 0 aliphatic carbocycles. The summed E-state index contributed by atoms with van der Waals surface area (Å²) in [5.41, 5.74) is 5.45. The number of hydrogen-bond acceptors (Lipinski definition) is 4. The second-order valence-corrected chi connectivity index (χ2v) is 8.54. The predicted octanol–water partition coefficient (Wildman–Crippen LogP) is 5.50. The van der Waals surface area contributed by atoms with E-state index in [1.807, 2.05) is 30.5 Å². The fraction of sp³-hybridized carbons (Fsp3) is 0.280. The van der Waals surface area contributed by atoms with Crippen molar-refractivity contribution in [3.8, 4) is 11.3 Å². The Kier molecular flexibility index (Phi) is 5.62. The van der Waals surface area contributed by atoms with E-state index in [1.165, 1.54) is 37.2 Å². The molecule has 31 heavy (non-hydrogen) atoms. The third-order valence-electron chi connectivity index (χ3n) is 6.07. The summed E-state index contributed by atoms with van der Waals surface area (Å²) < 4.78 is 2.26. The lowest BCUT2D eigenvalue weighted by atomic mass is 10.1. The number of rotatable bonds is 6. The highest BCUT2D eigenvalue weighted by Crippen LogP contribution is 2.28. The molecule has 4 aromatic rings. The van der Waals surface area contributed by atoms with Gasteiger partial charge < -0.3 is 9.88 Å². The molecule has 0 amide bonds. The van der Waals surface area contributed by atoms with Crippen molar-refractivity contribution in [1.29, 1.82) is 0 Å². The van der Waals surface area contributed by atoms with Crippen LogP contribution < -0.4 is 5.32 Å². The van der Waals surface area contributed by atoms with Crippen molar-refractivity contribution >= 4 is 28.2 Å². The number of halogens is 1. The highest BCUT2D eigenvalue weighted by Gasteiger charge is 2.20. The van der Waals surface area contributed by atoms with E-state index in [0.717, 1.165) is 34.7 Å². The van der Waals surface area contributed by atoms with Crippen LogP contribution in [0.15, 0.2) is 60.8 Å². The van der Waals surface area contributed by atoms with Gasteiger partial charge in [-0.2, -0.15) is 0 Å². The van der Waals surface area contributed by atoms with Crippen LogP contribution in [0.25, 0.3) is 22.2 Å². The number of likely N-dealkylation sites (tertiary alicyclic amines) is 1.